The Balaban J connectivity index is 2.02. The largest absolute Gasteiger partial charge is 0.295 e. The molecule has 2 rings (SSSR count). The lowest BCUT2D eigenvalue weighted by atomic mass is 9.94. The molecule has 0 amide bonds. The van der Waals surface area contributed by atoms with Crippen LogP contribution in [-0.2, 0) is 13.0 Å². The lowest BCUT2D eigenvalue weighted by molar-refractivity contribution is 0.442. The predicted octanol–water partition coefficient (Wildman–Crippen LogP) is 3.44. The molecule has 3 heteroatoms. The standard InChI is InChI=1S/C17H17FN2/c1-17(13-19,11-14-7-9-16(18)10-8-14)20-12-15-5-3-2-4-6-15/h2-10,20H,11-12H2,1H3. The lowest BCUT2D eigenvalue weighted by Gasteiger charge is -2.23. The fourth-order valence-electron chi connectivity index (χ4n) is 2.05. The zero-order valence-corrected chi connectivity index (χ0v) is 11.4. The van der Waals surface area contributed by atoms with Crippen molar-refractivity contribution in [1.29, 1.82) is 5.26 Å². The molecule has 102 valence electrons. The zero-order valence-electron chi connectivity index (χ0n) is 11.4. The Morgan fingerprint density at radius 3 is 2.30 bits per heavy atom. The average Bonchev–Trinajstić information content (AvgIpc) is 2.49. The van der Waals surface area contributed by atoms with E-state index >= 15 is 0 Å². The van der Waals surface area contributed by atoms with Gasteiger partial charge in [-0.2, -0.15) is 5.26 Å². The van der Waals surface area contributed by atoms with Gasteiger partial charge in [0.05, 0.1) is 6.07 Å². The molecule has 0 heterocycles. The molecule has 2 nitrogen and oxygen atoms in total. The molecule has 20 heavy (non-hydrogen) atoms. The summed E-state index contributed by atoms with van der Waals surface area (Å²) >= 11 is 0. The number of nitrogens with one attached hydrogen (secondary N) is 1. The molecule has 0 aliphatic carbocycles. The summed E-state index contributed by atoms with van der Waals surface area (Å²) in [7, 11) is 0. The van der Waals surface area contributed by atoms with Crippen molar-refractivity contribution < 1.29 is 4.39 Å². The first-order valence-corrected chi connectivity index (χ1v) is 6.56. The molecule has 0 saturated carbocycles. The Morgan fingerprint density at radius 2 is 1.70 bits per heavy atom. The summed E-state index contributed by atoms with van der Waals surface area (Å²) in [5, 5.41) is 12.7. The molecule has 0 aliphatic rings. The van der Waals surface area contributed by atoms with Gasteiger partial charge in [0.1, 0.15) is 11.4 Å². The minimum atomic E-state index is -0.673. The molecule has 0 aromatic heterocycles. The van der Waals surface area contributed by atoms with Crippen molar-refractivity contribution in [1.82, 2.24) is 5.32 Å². The van der Waals surface area contributed by atoms with E-state index in [0.29, 0.717) is 13.0 Å². The molecule has 1 atom stereocenters. The van der Waals surface area contributed by atoms with Gasteiger partial charge in [-0.15, -0.1) is 0 Å². The van der Waals surface area contributed by atoms with E-state index in [2.05, 4.69) is 11.4 Å². The maximum absolute atomic E-state index is 12.9. The molecule has 2 aromatic carbocycles. The highest BCUT2D eigenvalue weighted by Gasteiger charge is 2.23. The van der Waals surface area contributed by atoms with Gasteiger partial charge in [0.2, 0.25) is 0 Å². The Labute approximate surface area is 118 Å². The summed E-state index contributed by atoms with van der Waals surface area (Å²) in [6, 6.07) is 18.5. The first-order chi connectivity index (χ1) is 9.61. The van der Waals surface area contributed by atoms with E-state index in [-0.39, 0.29) is 5.82 Å². The number of rotatable bonds is 5. The van der Waals surface area contributed by atoms with Crippen LogP contribution < -0.4 is 5.32 Å². The van der Waals surface area contributed by atoms with Crippen LogP contribution in [0.2, 0.25) is 0 Å². The van der Waals surface area contributed by atoms with E-state index in [1.807, 2.05) is 37.3 Å². The van der Waals surface area contributed by atoms with Crippen molar-refractivity contribution in [3.8, 4) is 6.07 Å². The molecule has 1 unspecified atom stereocenters. The molecule has 0 bridgehead atoms. The second-order valence-corrected chi connectivity index (χ2v) is 5.09. The third-order valence-corrected chi connectivity index (χ3v) is 3.24. The highest BCUT2D eigenvalue weighted by molar-refractivity contribution is 5.23. The monoisotopic (exact) mass is 268 g/mol. The van der Waals surface area contributed by atoms with Crippen molar-refractivity contribution in [3.63, 3.8) is 0 Å². The molecule has 2 aromatic rings. The van der Waals surface area contributed by atoms with Crippen molar-refractivity contribution in [2.24, 2.45) is 0 Å². The van der Waals surface area contributed by atoms with Gasteiger partial charge in [0.25, 0.3) is 0 Å². The van der Waals surface area contributed by atoms with Crippen LogP contribution in [0.4, 0.5) is 4.39 Å². The SMILES string of the molecule is CC(C#N)(Cc1ccc(F)cc1)NCc1ccccc1. The molecule has 0 radical (unpaired) electrons. The van der Waals surface area contributed by atoms with Crippen LogP contribution in [0.1, 0.15) is 18.1 Å². The minimum Gasteiger partial charge on any atom is -0.295 e. The Morgan fingerprint density at radius 1 is 1.05 bits per heavy atom. The summed E-state index contributed by atoms with van der Waals surface area (Å²) in [6.07, 6.45) is 0.538. The van der Waals surface area contributed by atoms with E-state index in [1.165, 1.54) is 12.1 Å². The number of hydrogen-bond donors (Lipinski definition) is 1. The number of benzene rings is 2. The van der Waals surface area contributed by atoms with Crippen LogP contribution in [0.5, 0.6) is 0 Å². The van der Waals surface area contributed by atoms with Crippen molar-refractivity contribution in [2.45, 2.75) is 25.4 Å². The maximum Gasteiger partial charge on any atom is 0.123 e. The van der Waals surface area contributed by atoms with Crippen LogP contribution in [0, 0.1) is 17.1 Å². The summed E-state index contributed by atoms with van der Waals surface area (Å²) in [6.45, 7) is 2.49. The highest BCUT2D eigenvalue weighted by atomic mass is 19.1. The van der Waals surface area contributed by atoms with Crippen LogP contribution >= 0.6 is 0 Å². The fourth-order valence-corrected chi connectivity index (χ4v) is 2.05. The van der Waals surface area contributed by atoms with Crippen molar-refractivity contribution >= 4 is 0 Å². The lowest BCUT2D eigenvalue weighted by Crippen LogP contribution is -2.42. The van der Waals surface area contributed by atoms with E-state index in [0.717, 1.165) is 11.1 Å². The highest BCUT2D eigenvalue weighted by Crippen LogP contribution is 2.14. The predicted molar refractivity (Wildman–Crippen MR) is 77.4 cm³/mol. The van der Waals surface area contributed by atoms with E-state index in [1.54, 1.807) is 12.1 Å². The summed E-state index contributed by atoms with van der Waals surface area (Å²) < 4.78 is 12.9. The summed E-state index contributed by atoms with van der Waals surface area (Å²) in [5.74, 6) is -0.260. The van der Waals surface area contributed by atoms with Gasteiger partial charge >= 0.3 is 0 Å². The molecule has 0 fully saturated rings. The number of nitrogens with zero attached hydrogens (tertiary/aromatic N) is 1. The van der Waals surface area contributed by atoms with Gasteiger partial charge in [0, 0.05) is 13.0 Å². The van der Waals surface area contributed by atoms with Crippen molar-refractivity contribution in [2.75, 3.05) is 0 Å². The van der Waals surface area contributed by atoms with Gasteiger partial charge in [-0.3, -0.25) is 5.32 Å². The Hall–Kier alpha value is -2.18. The van der Waals surface area contributed by atoms with Crippen LogP contribution in [0.25, 0.3) is 0 Å². The van der Waals surface area contributed by atoms with Crippen LogP contribution in [-0.4, -0.2) is 5.54 Å². The molecular formula is C17H17FN2. The number of halogens is 1. The van der Waals surface area contributed by atoms with E-state index in [4.69, 9.17) is 0 Å². The number of hydrogen-bond acceptors (Lipinski definition) is 2. The maximum atomic E-state index is 12.9. The third kappa shape index (κ3) is 3.91. The smallest absolute Gasteiger partial charge is 0.123 e. The van der Waals surface area contributed by atoms with Gasteiger partial charge in [-0.05, 0) is 30.2 Å². The summed E-state index contributed by atoms with van der Waals surface area (Å²) in [5.41, 5.74) is 1.40. The minimum absolute atomic E-state index is 0.260. The second kappa shape index (κ2) is 6.31. The normalized spacial score (nSPS) is 13.4. The van der Waals surface area contributed by atoms with Crippen LogP contribution in [0.15, 0.2) is 54.6 Å². The van der Waals surface area contributed by atoms with Crippen molar-refractivity contribution in [3.05, 3.63) is 71.5 Å². The Kier molecular flexibility index (Phi) is 4.49. The fraction of sp³-hybridized carbons (Fsp3) is 0.235. The van der Waals surface area contributed by atoms with E-state index < -0.39 is 5.54 Å². The molecule has 0 aliphatic heterocycles. The molecule has 1 N–H and O–H groups in total. The van der Waals surface area contributed by atoms with Crippen LogP contribution in [0.3, 0.4) is 0 Å². The second-order valence-electron chi connectivity index (χ2n) is 5.09. The summed E-state index contributed by atoms with van der Waals surface area (Å²) in [4.78, 5) is 0. The number of nitriles is 1. The van der Waals surface area contributed by atoms with Gasteiger partial charge in [-0.25, -0.2) is 4.39 Å². The first kappa shape index (κ1) is 14.2. The quantitative estimate of drug-likeness (QED) is 0.901. The van der Waals surface area contributed by atoms with Gasteiger partial charge < -0.3 is 0 Å². The first-order valence-electron chi connectivity index (χ1n) is 6.56. The zero-order chi connectivity index (χ0) is 14.4. The van der Waals surface area contributed by atoms with Gasteiger partial charge in [-0.1, -0.05) is 42.5 Å². The molecule has 0 saturated heterocycles. The third-order valence-electron chi connectivity index (χ3n) is 3.24. The average molecular weight is 268 g/mol. The topological polar surface area (TPSA) is 35.8 Å². The van der Waals surface area contributed by atoms with Gasteiger partial charge in [0.15, 0.2) is 0 Å². The Bertz CT molecular complexity index is 587. The molecular weight excluding hydrogens is 251 g/mol. The van der Waals surface area contributed by atoms with E-state index in [9.17, 15) is 9.65 Å². The molecule has 0 spiro atoms.